The van der Waals surface area contributed by atoms with Crippen LogP contribution in [0.25, 0.3) is 17.1 Å². The molecule has 2 aliphatic rings. The molecule has 0 radical (unpaired) electrons. The van der Waals surface area contributed by atoms with Crippen LogP contribution in [0.2, 0.25) is 0 Å². The van der Waals surface area contributed by atoms with Crippen LogP contribution < -0.4 is 24.4 Å². The highest BCUT2D eigenvalue weighted by Gasteiger charge is 2.22. The Balaban J connectivity index is 1.27. The zero-order valence-corrected chi connectivity index (χ0v) is 19.0. The smallest absolute Gasteiger partial charge is 0.231 e. The number of ether oxygens (including phenoxy) is 4. The SMILES string of the molecule is COc1ccc(C2=CSc3nnc(-c4ccc5c(c4)OCO5)n3N2)cc1OCc1ccccc1. The average Bonchev–Trinajstić information content (AvgIpc) is 3.54. The molecule has 0 saturated carbocycles. The van der Waals surface area contributed by atoms with Gasteiger partial charge in [0.05, 0.1) is 12.8 Å². The van der Waals surface area contributed by atoms with Crippen LogP contribution in [0.5, 0.6) is 23.0 Å². The fraction of sp³-hybridized carbons (Fsp3) is 0.120. The van der Waals surface area contributed by atoms with E-state index in [9.17, 15) is 0 Å². The number of rotatable bonds is 6. The fourth-order valence-electron chi connectivity index (χ4n) is 3.75. The number of thioether (sulfide) groups is 1. The van der Waals surface area contributed by atoms with Gasteiger partial charge >= 0.3 is 0 Å². The van der Waals surface area contributed by atoms with Gasteiger partial charge in [-0.2, -0.15) is 0 Å². The van der Waals surface area contributed by atoms with E-state index in [-0.39, 0.29) is 6.79 Å². The van der Waals surface area contributed by atoms with Crippen LogP contribution in [0.3, 0.4) is 0 Å². The van der Waals surface area contributed by atoms with E-state index in [2.05, 4.69) is 15.6 Å². The van der Waals surface area contributed by atoms with Gasteiger partial charge in [-0.15, -0.1) is 10.2 Å². The van der Waals surface area contributed by atoms with E-state index < -0.39 is 0 Å². The first-order valence-corrected chi connectivity index (χ1v) is 11.5. The molecule has 3 aromatic carbocycles. The summed E-state index contributed by atoms with van der Waals surface area (Å²) in [6, 6.07) is 21.6. The summed E-state index contributed by atoms with van der Waals surface area (Å²) in [5, 5.41) is 11.5. The summed E-state index contributed by atoms with van der Waals surface area (Å²) in [5.74, 6) is 3.45. The molecule has 0 aliphatic carbocycles. The molecule has 1 N–H and O–H groups in total. The summed E-state index contributed by atoms with van der Waals surface area (Å²) < 4.78 is 24.4. The maximum absolute atomic E-state index is 6.09. The van der Waals surface area contributed by atoms with E-state index in [4.69, 9.17) is 18.9 Å². The Labute approximate surface area is 200 Å². The predicted octanol–water partition coefficient (Wildman–Crippen LogP) is 4.91. The molecule has 4 aromatic rings. The standard InChI is InChI=1S/C25H20N4O4S/c1-30-20-9-7-17(11-22(20)31-13-16-5-3-2-4-6-16)19-14-34-25-27-26-24(29(25)28-19)18-8-10-21-23(12-18)33-15-32-21/h2-12,14,28H,13,15H2,1H3. The van der Waals surface area contributed by atoms with Gasteiger partial charge in [0.2, 0.25) is 11.9 Å². The molecule has 6 rings (SSSR count). The molecule has 0 atom stereocenters. The maximum atomic E-state index is 6.09. The van der Waals surface area contributed by atoms with Crippen molar-refractivity contribution >= 4 is 17.5 Å². The zero-order valence-electron chi connectivity index (χ0n) is 18.2. The lowest BCUT2D eigenvalue weighted by Gasteiger charge is -2.20. The van der Waals surface area contributed by atoms with Gasteiger partial charge in [-0.1, -0.05) is 42.1 Å². The molecule has 0 spiro atoms. The first-order chi connectivity index (χ1) is 16.8. The van der Waals surface area contributed by atoms with E-state index >= 15 is 0 Å². The van der Waals surface area contributed by atoms with E-state index in [0.717, 1.165) is 33.3 Å². The highest BCUT2D eigenvalue weighted by Crippen LogP contribution is 2.38. The lowest BCUT2D eigenvalue weighted by Crippen LogP contribution is -2.18. The van der Waals surface area contributed by atoms with Crippen LogP contribution in [0.1, 0.15) is 11.1 Å². The molecule has 0 unspecified atom stereocenters. The molecule has 0 amide bonds. The number of nitrogens with one attached hydrogen (secondary N) is 1. The number of hydrogen-bond acceptors (Lipinski definition) is 8. The van der Waals surface area contributed by atoms with Crippen molar-refractivity contribution in [3.8, 4) is 34.4 Å². The van der Waals surface area contributed by atoms with Gasteiger partial charge in [0, 0.05) is 16.5 Å². The van der Waals surface area contributed by atoms with Crippen LogP contribution in [-0.4, -0.2) is 28.8 Å². The Morgan fingerprint density at radius 2 is 1.79 bits per heavy atom. The number of methoxy groups -OCH3 is 1. The highest BCUT2D eigenvalue weighted by atomic mass is 32.2. The van der Waals surface area contributed by atoms with Crippen LogP contribution >= 0.6 is 11.8 Å². The normalized spacial score (nSPS) is 13.6. The predicted molar refractivity (Wildman–Crippen MR) is 129 cm³/mol. The van der Waals surface area contributed by atoms with E-state index in [1.54, 1.807) is 7.11 Å². The van der Waals surface area contributed by atoms with Gasteiger partial charge in [0.15, 0.2) is 28.8 Å². The molecule has 170 valence electrons. The minimum absolute atomic E-state index is 0.226. The van der Waals surface area contributed by atoms with Gasteiger partial charge in [0.25, 0.3) is 0 Å². The molecule has 3 heterocycles. The van der Waals surface area contributed by atoms with Crippen LogP contribution in [-0.2, 0) is 6.61 Å². The Hall–Kier alpha value is -4.11. The number of hydrogen-bond donors (Lipinski definition) is 1. The van der Waals surface area contributed by atoms with Gasteiger partial charge in [-0.05, 0) is 42.0 Å². The Morgan fingerprint density at radius 1 is 0.941 bits per heavy atom. The Kier molecular flexibility index (Phi) is 5.23. The van der Waals surface area contributed by atoms with Crippen LogP contribution in [0.4, 0.5) is 0 Å². The monoisotopic (exact) mass is 472 g/mol. The molecule has 34 heavy (non-hydrogen) atoms. The van der Waals surface area contributed by atoms with Crippen LogP contribution in [0, 0.1) is 0 Å². The largest absolute Gasteiger partial charge is 0.493 e. The van der Waals surface area contributed by atoms with Crippen molar-refractivity contribution in [3.05, 3.63) is 83.3 Å². The number of nitrogens with zero attached hydrogens (tertiary/aromatic N) is 3. The third-order valence-electron chi connectivity index (χ3n) is 5.49. The second kappa shape index (κ2) is 8.68. The molecule has 1 aromatic heterocycles. The number of fused-ring (bicyclic) bond motifs is 2. The molecular weight excluding hydrogens is 452 g/mol. The minimum atomic E-state index is 0.226. The summed E-state index contributed by atoms with van der Waals surface area (Å²) in [5.41, 5.74) is 7.24. The van der Waals surface area contributed by atoms with Gasteiger partial charge in [-0.25, -0.2) is 4.68 Å². The van der Waals surface area contributed by atoms with Crippen molar-refractivity contribution in [2.75, 3.05) is 19.3 Å². The van der Waals surface area contributed by atoms with Gasteiger partial charge < -0.3 is 18.9 Å². The van der Waals surface area contributed by atoms with E-state index in [1.807, 2.05) is 76.8 Å². The molecule has 8 nitrogen and oxygen atoms in total. The van der Waals surface area contributed by atoms with Crippen molar-refractivity contribution in [3.63, 3.8) is 0 Å². The summed E-state index contributed by atoms with van der Waals surface area (Å²) in [4.78, 5) is 0. The van der Waals surface area contributed by atoms with Crippen molar-refractivity contribution in [1.29, 1.82) is 0 Å². The second-order valence-corrected chi connectivity index (χ2v) is 8.45. The van der Waals surface area contributed by atoms with E-state index in [1.165, 1.54) is 11.8 Å². The molecule has 2 aliphatic heterocycles. The summed E-state index contributed by atoms with van der Waals surface area (Å²) in [6.45, 7) is 0.676. The number of benzene rings is 3. The molecule has 0 saturated heterocycles. The number of aromatic nitrogens is 3. The van der Waals surface area contributed by atoms with Gasteiger partial charge in [-0.3, -0.25) is 5.43 Å². The summed E-state index contributed by atoms with van der Waals surface area (Å²) >= 11 is 1.50. The maximum Gasteiger partial charge on any atom is 0.231 e. The second-order valence-electron chi connectivity index (χ2n) is 7.61. The third-order valence-corrected chi connectivity index (χ3v) is 6.32. The summed E-state index contributed by atoms with van der Waals surface area (Å²) in [7, 11) is 1.64. The molecule has 0 fully saturated rings. The van der Waals surface area contributed by atoms with E-state index in [0.29, 0.717) is 29.7 Å². The zero-order chi connectivity index (χ0) is 22.9. The minimum Gasteiger partial charge on any atom is -0.493 e. The van der Waals surface area contributed by atoms with Crippen molar-refractivity contribution in [1.82, 2.24) is 14.9 Å². The summed E-state index contributed by atoms with van der Waals surface area (Å²) in [6.07, 6.45) is 0. The lowest BCUT2D eigenvalue weighted by molar-refractivity contribution is 0.174. The average molecular weight is 473 g/mol. The topological polar surface area (TPSA) is 79.7 Å². The Bertz CT molecular complexity index is 1390. The Morgan fingerprint density at radius 3 is 2.68 bits per heavy atom. The first kappa shape index (κ1) is 20.5. The third kappa shape index (κ3) is 3.80. The quantitative estimate of drug-likeness (QED) is 0.424. The fourth-order valence-corrected chi connectivity index (χ4v) is 4.49. The van der Waals surface area contributed by atoms with Crippen LogP contribution in [0.15, 0.2) is 77.3 Å². The molecule has 0 bridgehead atoms. The van der Waals surface area contributed by atoms with Crippen molar-refractivity contribution < 1.29 is 18.9 Å². The first-order valence-electron chi connectivity index (χ1n) is 10.6. The van der Waals surface area contributed by atoms with Crippen molar-refractivity contribution in [2.45, 2.75) is 11.8 Å². The van der Waals surface area contributed by atoms with Gasteiger partial charge in [0.1, 0.15) is 6.61 Å². The van der Waals surface area contributed by atoms with Crippen molar-refractivity contribution in [2.24, 2.45) is 0 Å². The highest BCUT2D eigenvalue weighted by molar-refractivity contribution is 8.02. The molecular formula is C25H20N4O4S. The lowest BCUT2D eigenvalue weighted by atomic mass is 10.1. The molecule has 9 heteroatoms.